The number of rotatable bonds is 1. The van der Waals surface area contributed by atoms with E-state index in [-0.39, 0.29) is 5.54 Å². The average Bonchev–Trinajstić information content (AvgIpc) is 2.13. The SMILES string of the molecule is CN(C)C1C2C3C(CN2C)CC31N. The lowest BCUT2D eigenvalue weighted by molar-refractivity contribution is -0.125. The van der Waals surface area contributed by atoms with Gasteiger partial charge in [0, 0.05) is 24.2 Å². The van der Waals surface area contributed by atoms with E-state index in [4.69, 9.17) is 5.73 Å². The summed E-state index contributed by atoms with van der Waals surface area (Å²) >= 11 is 0. The van der Waals surface area contributed by atoms with Gasteiger partial charge < -0.3 is 15.5 Å². The fraction of sp³-hybridized carbons (Fsp3) is 1.00. The molecular weight excluding hydrogens is 162 g/mol. The standard InChI is InChI=1S/C10H19N3/c1-12(2)9-8-7-6(5-13(8)3)4-10(7,9)11/h6-9H,4-5,11H2,1-3H3. The Bertz CT molecular complexity index is 253. The van der Waals surface area contributed by atoms with Crippen molar-refractivity contribution >= 4 is 0 Å². The van der Waals surface area contributed by atoms with Gasteiger partial charge in [-0.15, -0.1) is 0 Å². The lowest BCUT2D eigenvalue weighted by atomic mass is 9.45. The van der Waals surface area contributed by atoms with E-state index < -0.39 is 0 Å². The highest BCUT2D eigenvalue weighted by Crippen LogP contribution is 2.62. The van der Waals surface area contributed by atoms with E-state index in [1.165, 1.54) is 13.0 Å². The summed E-state index contributed by atoms with van der Waals surface area (Å²) in [7, 11) is 6.57. The van der Waals surface area contributed by atoms with Crippen molar-refractivity contribution in [2.75, 3.05) is 27.7 Å². The van der Waals surface area contributed by atoms with Gasteiger partial charge in [0.2, 0.25) is 0 Å². The van der Waals surface area contributed by atoms with Crippen molar-refractivity contribution in [3.05, 3.63) is 0 Å². The van der Waals surface area contributed by atoms with Crippen molar-refractivity contribution in [2.24, 2.45) is 17.6 Å². The molecule has 2 saturated carbocycles. The molecule has 13 heavy (non-hydrogen) atoms. The van der Waals surface area contributed by atoms with E-state index in [2.05, 4.69) is 30.9 Å². The minimum absolute atomic E-state index is 0.170. The first-order valence-corrected chi connectivity index (χ1v) is 5.21. The van der Waals surface area contributed by atoms with Crippen molar-refractivity contribution in [1.82, 2.24) is 9.80 Å². The summed E-state index contributed by atoms with van der Waals surface area (Å²) in [5.74, 6) is 1.72. The Hall–Kier alpha value is -0.120. The third kappa shape index (κ3) is 0.694. The molecule has 3 fully saturated rings. The van der Waals surface area contributed by atoms with Crippen LogP contribution in [0.4, 0.5) is 0 Å². The number of likely N-dealkylation sites (N-methyl/N-ethyl adjacent to an activating group) is 2. The van der Waals surface area contributed by atoms with Gasteiger partial charge in [-0.3, -0.25) is 0 Å². The topological polar surface area (TPSA) is 32.5 Å². The van der Waals surface area contributed by atoms with Crippen LogP contribution >= 0.6 is 0 Å². The molecule has 2 N–H and O–H groups in total. The molecule has 3 nitrogen and oxygen atoms in total. The van der Waals surface area contributed by atoms with Gasteiger partial charge in [0.25, 0.3) is 0 Å². The zero-order valence-electron chi connectivity index (χ0n) is 8.70. The highest BCUT2D eigenvalue weighted by atomic mass is 15.3. The Morgan fingerprint density at radius 2 is 2.15 bits per heavy atom. The van der Waals surface area contributed by atoms with Crippen LogP contribution in [-0.4, -0.2) is 55.1 Å². The summed E-state index contributed by atoms with van der Waals surface area (Å²) < 4.78 is 0. The molecule has 3 rings (SSSR count). The third-order valence-electron chi connectivity index (χ3n) is 4.57. The van der Waals surface area contributed by atoms with Gasteiger partial charge in [-0.2, -0.15) is 0 Å². The van der Waals surface area contributed by atoms with Crippen molar-refractivity contribution in [3.63, 3.8) is 0 Å². The third-order valence-corrected chi connectivity index (χ3v) is 4.57. The summed E-state index contributed by atoms with van der Waals surface area (Å²) in [5, 5.41) is 0. The second-order valence-corrected chi connectivity index (χ2v) is 5.44. The molecule has 1 heterocycles. The average molecular weight is 181 g/mol. The molecule has 0 spiro atoms. The molecule has 0 amide bonds. The fourth-order valence-corrected chi connectivity index (χ4v) is 4.28. The number of nitrogens with zero attached hydrogens (tertiary/aromatic N) is 2. The van der Waals surface area contributed by atoms with E-state index in [1.54, 1.807) is 0 Å². The molecule has 0 aromatic carbocycles. The number of likely N-dealkylation sites (tertiary alicyclic amines) is 1. The minimum atomic E-state index is 0.170. The maximum absolute atomic E-state index is 6.41. The maximum Gasteiger partial charge on any atom is 0.0432 e. The molecular formula is C10H19N3. The molecule has 3 aliphatic rings. The highest BCUT2D eigenvalue weighted by molar-refractivity contribution is 5.31. The van der Waals surface area contributed by atoms with Crippen molar-refractivity contribution in [1.29, 1.82) is 0 Å². The first-order valence-electron chi connectivity index (χ1n) is 5.21. The van der Waals surface area contributed by atoms with Crippen molar-refractivity contribution < 1.29 is 0 Å². The Balaban J connectivity index is 1.91. The van der Waals surface area contributed by atoms with Crippen LogP contribution in [0.3, 0.4) is 0 Å². The highest BCUT2D eigenvalue weighted by Gasteiger charge is 2.74. The van der Waals surface area contributed by atoms with E-state index in [0.717, 1.165) is 17.9 Å². The first-order chi connectivity index (χ1) is 6.05. The van der Waals surface area contributed by atoms with Gasteiger partial charge in [0.05, 0.1) is 0 Å². The molecule has 0 bridgehead atoms. The summed E-state index contributed by atoms with van der Waals surface area (Å²) in [6.07, 6.45) is 1.25. The van der Waals surface area contributed by atoms with Crippen molar-refractivity contribution in [3.8, 4) is 0 Å². The van der Waals surface area contributed by atoms with Crippen LogP contribution in [0.1, 0.15) is 6.42 Å². The summed E-state index contributed by atoms with van der Waals surface area (Å²) in [6.45, 7) is 1.28. The number of hydrogen-bond acceptors (Lipinski definition) is 3. The second-order valence-electron chi connectivity index (χ2n) is 5.44. The molecule has 74 valence electrons. The van der Waals surface area contributed by atoms with E-state index >= 15 is 0 Å². The van der Waals surface area contributed by atoms with Crippen LogP contribution < -0.4 is 5.73 Å². The zero-order chi connectivity index (χ0) is 9.38. The predicted molar refractivity (Wildman–Crippen MR) is 52.4 cm³/mol. The predicted octanol–water partition coefficient (Wildman–Crippen LogP) is -0.422. The van der Waals surface area contributed by atoms with Crippen LogP contribution in [0.15, 0.2) is 0 Å². The fourth-order valence-electron chi connectivity index (χ4n) is 4.28. The molecule has 5 unspecified atom stereocenters. The molecule has 5 atom stereocenters. The van der Waals surface area contributed by atoms with Gasteiger partial charge >= 0.3 is 0 Å². The van der Waals surface area contributed by atoms with Gasteiger partial charge in [0.1, 0.15) is 0 Å². The number of nitrogens with two attached hydrogens (primary N) is 1. The minimum Gasteiger partial charge on any atom is -0.323 e. The quantitative estimate of drug-likeness (QED) is 0.596. The second kappa shape index (κ2) is 2.10. The smallest absolute Gasteiger partial charge is 0.0432 e. The van der Waals surface area contributed by atoms with Crippen LogP contribution in [0.2, 0.25) is 0 Å². The van der Waals surface area contributed by atoms with E-state index in [9.17, 15) is 0 Å². The molecule has 0 aromatic heterocycles. The Labute approximate surface area is 79.9 Å². The normalized spacial score (nSPS) is 58.8. The van der Waals surface area contributed by atoms with Crippen LogP contribution in [0.25, 0.3) is 0 Å². The molecule has 2 aliphatic carbocycles. The Morgan fingerprint density at radius 1 is 1.46 bits per heavy atom. The van der Waals surface area contributed by atoms with Crippen LogP contribution in [0.5, 0.6) is 0 Å². The zero-order valence-corrected chi connectivity index (χ0v) is 8.70. The molecule has 1 saturated heterocycles. The van der Waals surface area contributed by atoms with Gasteiger partial charge in [0.15, 0.2) is 0 Å². The van der Waals surface area contributed by atoms with E-state index in [1.807, 2.05) is 0 Å². The summed E-state index contributed by atoms with van der Waals surface area (Å²) in [5.41, 5.74) is 6.58. The van der Waals surface area contributed by atoms with Gasteiger partial charge in [-0.05, 0) is 39.4 Å². The summed E-state index contributed by atoms with van der Waals surface area (Å²) in [4.78, 5) is 4.83. The largest absolute Gasteiger partial charge is 0.323 e. The monoisotopic (exact) mass is 181 g/mol. The lowest BCUT2D eigenvalue weighted by Crippen LogP contribution is -2.84. The Kier molecular flexibility index (Phi) is 1.33. The van der Waals surface area contributed by atoms with Crippen LogP contribution in [-0.2, 0) is 0 Å². The van der Waals surface area contributed by atoms with Crippen molar-refractivity contribution in [2.45, 2.75) is 24.0 Å². The van der Waals surface area contributed by atoms with E-state index in [0.29, 0.717) is 6.04 Å². The number of hydrogen-bond donors (Lipinski definition) is 1. The molecule has 0 aromatic rings. The Morgan fingerprint density at radius 3 is 2.77 bits per heavy atom. The van der Waals surface area contributed by atoms with Gasteiger partial charge in [-0.1, -0.05) is 0 Å². The van der Waals surface area contributed by atoms with Gasteiger partial charge in [-0.25, -0.2) is 0 Å². The molecule has 3 heteroatoms. The molecule has 0 radical (unpaired) electrons. The first kappa shape index (κ1) is 8.21. The lowest BCUT2D eigenvalue weighted by Gasteiger charge is -2.68. The molecule has 1 aliphatic heterocycles. The maximum atomic E-state index is 6.41. The van der Waals surface area contributed by atoms with Crippen LogP contribution in [0, 0.1) is 11.8 Å². The summed E-state index contributed by atoms with van der Waals surface area (Å²) in [6, 6.07) is 1.35.